The van der Waals surface area contributed by atoms with Crippen LogP contribution >= 0.6 is 0 Å². The van der Waals surface area contributed by atoms with E-state index in [0.717, 1.165) is 73.6 Å². The molecule has 7 nitrogen and oxygen atoms in total. The predicted octanol–water partition coefficient (Wildman–Crippen LogP) is 5.17. The lowest BCUT2D eigenvalue weighted by atomic mass is 9.69. The number of carbonyl (C=O) groups is 4. The topological polar surface area (TPSA) is 86.8 Å². The van der Waals surface area contributed by atoms with E-state index in [0.29, 0.717) is 23.8 Å². The zero-order valence-corrected chi connectivity index (χ0v) is 24.2. The number of hydrogen-bond donors (Lipinski definition) is 1. The number of amides is 4. The Bertz CT molecular complexity index is 1600. The van der Waals surface area contributed by atoms with Crippen molar-refractivity contribution < 1.29 is 19.2 Å². The average molecular weight is 564 g/mol. The minimum absolute atomic E-state index is 0.101. The highest BCUT2D eigenvalue weighted by Gasteiger charge is 2.43. The number of anilines is 1. The van der Waals surface area contributed by atoms with E-state index < -0.39 is 11.9 Å². The van der Waals surface area contributed by atoms with Crippen molar-refractivity contribution in [3.63, 3.8) is 0 Å². The van der Waals surface area contributed by atoms with Gasteiger partial charge in [-0.25, -0.2) is 0 Å². The zero-order chi connectivity index (χ0) is 29.0. The molecule has 7 rings (SSSR count). The van der Waals surface area contributed by atoms with Crippen LogP contribution in [0.25, 0.3) is 10.8 Å². The van der Waals surface area contributed by atoms with Crippen LogP contribution in [0.3, 0.4) is 0 Å². The average Bonchev–Trinajstić information content (AvgIpc) is 3.26. The van der Waals surface area contributed by atoms with Gasteiger partial charge in [-0.3, -0.25) is 29.4 Å². The third-order valence-corrected chi connectivity index (χ3v) is 10.2. The summed E-state index contributed by atoms with van der Waals surface area (Å²) >= 11 is 0. The van der Waals surface area contributed by atoms with Gasteiger partial charge in [0.1, 0.15) is 6.04 Å². The summed E-state index contributed by atoms with van der Waals surface area (Å²) in [5.74, 6) is 0.0939. The lowest BCUT2D eigenvalue weighted by molar-refractivity contribution is -0.147. The number of imide groups is 1. The fourth-order valence-corrected chi connectivity index (χ4v) is 7.45. The van der Waals surface area contributed by atoms with Crippen molar-refractivity contribution in [3.05, 3.63) is 76.9 Å². The van der Waals surface area contributed by atoms with Gasteiger partial charge in [0, 0.05) is 35.9 Å². The lowest BCUT2D eigenvalue weighted by Gasteiger charge is -2.43. The maximum Gasteiger partial charge on any atom is 0.259 e. The second-order valence-electron chi connectivity index (χ2n) is 13.0. The molecule has 7 heteroatoms. The first-order chi connectivity index (χ1) is 20.3. The van der Waals surface area contributed by atoms with Crippen molar-refractivity contribution in [3.8, 4) is 0 Å². The minimum Gasteiger partial charge on any atom is -0.342 e. The third kappa shape index (κ3) is 4.59. The van der Waals surface area contributed by atoms with E-state index in [2.05, 4.69) is 53.5 Å². The van der Waals surface area contributed by atoms with E-state index in [1.165, 1.54) is 17.5 Å². The van der Waals surface area contributed by atoms with Crippen LogP contribution in [-0.2, 0) is 27.2 Å². The summed E-state index contributed by atoms with van der Waals surface area (Å²) in [5.41, 5.74) is 4.93. The molecule has 216 valence electrons. The summed E-state index contributed by atoms with van der Waals surface area (Å²) in [5, 5.41) is 4.30. The van der Waals surface area contributed by atoms with E-state index in [-0.39, 0.29) is 23.7 Å². The van der Waals surface area contributed by atoms with Crippen LogP contribution in [0.15, 0.2) is 54.6 Å². The van der Waals surface area contributed by atoms with Crippen molar-refractivity contribution in [1.82, 2.24) is 10.2 Å². The Morgan fingerprint density at radius 1 is 0.929 bits per heavy atom. The number of benzene rings is 3. The summed E-state index contributed by atoms with van der Waals surface area (Å²) in [6.45, 7) is 3.89. The van der Waals surface area contributed by atoms with Gasteiger partial charge in [0.05, 0.1) is 5.69 Å². The summed E-state index contributed by atoms with van der Waals surface area (Å²) in [6, 6.07) is 18.0. The maximum atomic E-state index is 13.4. The summed E-state index contributed by atoms with van der Waals surface area (Å²) in [6.07, 6.45) is 7.74. The van der Waals surface area contributed by atoms with Gasteiger partial charge in [-0.1, -0.05) is 55.8 Å². The van der Waals surface area contributed by atoms with Gasteiger partial charge in [0.15, 0.2) is 0 Å². The van der Waals surface area contributed by atoms with Crippen LogP contribution in [-0.4, -0.2) is 47.7 Å². The van der Waals surface area contributed by atoms with Crippen molar-refractivity contribution in [2.75, 3.05) is 18.0 Å². The molecule has 42 heavy (non-hydrogen) atoms. The van der Waals surface area contributed by atoms with Crippen LogP contribution in [0.2, 0.25) is 0 Å². The molecule has 0 aromatic heterocycles. The fourth-order valence-electron chi connectivity index (χ4n) is 7.45. The largest absolute Gasteiger partial charge is 0.342 e. The van der Waals surface area contributed by atoms with Gasteiger partial charge in [-0.05, 0) is 85.1 Å². The molecule has 3 aromatic rings. The molecule has 0 spiro atoms. The zero-order valence-electron chi connectivity index (χ0n) is 24.2. The first kappa shape index (κ1) is 26.9. The van der Waals surface area contributed by atoms with Crippen molar-refractivity contribution in [2.24, 2.45) is 11.3 Å². The van der Waals surface area contributed by atoms with Gasteiger partial charge < -0.3 is 4.90 Å². The Labute approximate surface area is 246 Å². The van der Waals surface area contributed by atoms with Crippen LogP contribution in [0.1, 0.15) is 78.9 Å². The lowest BCUT2D eigenvalue weighted by Crippen LogP contribution is -2.53. The number of rotatable bonds is 6. The van der Waals surface area contributed by atoms with Crippen LogP contribution in [0.5, 0.6) is 0 Å². The van der Waals surface area contributed by atoms with Crippen molar-refractivity contribution in [2.45, 2.75) is 70.8 Å². The molecule has 1 N–H and O–H groups in total. The second kappa shape index (κ2) is 10.4. The summed E-state index contributed by atoms with van der Waals surface area (Å²) in [4.78, 5) is 54.3. The van der Waals surface area contributed by atoms with Gasteiger partial charge in [0.2, 0.25) is 17.7 Å². The molecule has 2 saturated heterocycles. The molecular formula is C35H37N3O4. The van der Waals surface area contributed by atoms with Gasteiger partial charge in [-0.2, -0.15) is 0 Å². The summed E-state index contributed by atoms with van der Waals surface area (Å²) < 4.78 is 0. The van der Waals surface area contributed by atoms with Crippen molar-refractivity contribution in [1.29, 1.82) is 0 Å². The van der Waals surface area contributed by atoms with Gasteiger partial charge in [0.25, 0.3) is 5.91 Å². The number of piperidine rings is 2. The molecule has 3 aliphatic heterocycles. The number of hydrogen-bond acceptors (Lipinski definition) is 4. The highest BCUT2D eigenvalue weighted by Crippen LogP contribution is 2.43. The fraction of sp³-hybridized carbons (Fsp3) is 0.429. The molecule has 4 amide bonds. The Balaban J connectivity index is 1.03. The molecule has 4 aliphatic rings. The molecule has 1 unspecified atom stereocenters. The number of nitrogens with one attached hydrogen (secondary N) is 1. The van der Waals surface area contributed by atoms with Gasteiger partial charge in [-0.15, -0.1) is 0 Å². The van der Waals surface area contributed by atoms with E-state index in [1.807, 2.05) is 18.2 Å². The monoisotopic (exact) mass is 563 g/mol. The highest BCUT2D eigenvalue weighted by molar-refractivity contribution is 6.27. The molecule has 3 fully saturated rings. The first-order valence-corrected chi connectivity index (χ1v) is 15.4. The molecule has 1 saturated carbocycles. The molecule has 3 aromatic carbocycles. The van der Waals surface area contributed by atoms with Crippen LogP contribution in [0, 0.1) is 11.3 Å². The highest BCUT2D eigenvalue weighted by atomic mass is 16.2. The number of carbonyl (C=O) groups excluding carboxylic acids is 4. The van der Waals surface area contributed by atoms with Crippen molar-refractivity contribution >= 4 is 40.1 Å². The van der Waals surface area contributed by atoms with Crippen LogP contribution < -0.4 is 10.2 Å². The molecule has 1 atom stereocenters. The Kier molecular flexibility index (Phi) is 6.63. The first-order valence-electron chi connectivity index (χ1n) is 15.4. The molecule has 0 bridgehead atoms. The third-order valence-electron chi connectivity index (χ3n) is 10.2. The minimum atomic E-state index is -0.678. The Morgan fingerprint density at radius 3 is 2.36 bits per heavy atom. The SMILES string of the molecule is CC1(C(=O)N2CCC(Cc3ccc(Cc4ccc5c6c(cccc46)C(=O)N5C4CCC(=O)NC4=O)cc3)CC2)CCC1. The summed E-state index contributed by atoms with van der Waals surface area (Å²) in [7, 11) is 0. The normalized spacial score (nSPS) is 21.9. The Hall–Kier alpha value is -4.00. The Morgan fingerprint density at radius 2 is 1.67 bits per heavy atom. The standard InChI is InChI=1S/C35H37N3O4/c1-35(16-3-17-35)34(42)37-18-14-24(15-19-37)20-22-6-8-23(9-7-22)21-25-10-11-28-31-26(25)4-2-5-27(31)33(41)38(28)29-12-13-30(39)36-32(29)40/h2,4-11,24,29H,3,12-21H2,1H3,(H,36,39,40). The van der Waals surface area contributed by atoms with E-state index in [1.54, 1.807) is 4.90 Å². The molecule has 0 radical (unpaired) electrons. The molecule has 1 aliphatic carbocycles. The van der Waals surface area contributed by atoms with Gasteiger partial charge >= 0.3 is 0 Å². The molecular weight excluding hydrogens is 526 g/mol. The number of nitrogens with zero attached hydrogens (tertiary/aromatic N) is 2. The number of likely N-dealkylation sites (tertiary alicyclic amines) is 1. The predicted molar refractivity (Wildman–Crippen MR) is 161 cm³/mol. The quantitative estimate of drug-likeness (QED) is 0.420. The van der Waals surface area contributed by atoms with E-state index in [4.69, 9.17) is 0 Å². The second-order valence-corrected chi connectivity index (χ2v) is 13.0. The molecule has 3 heterocycles. The van der Waals surface area contributed by atoms with Crippen LogP contribution in [0.4, 0.5) is 5.69 Å². The van der Waals surface area contributed by atoms with E-state index in [9.17, 15) is 19.2 Å². The maximum absolute atomic E-state index is 13.4. The smallest absolute Gasteiger partial charge is 0.259 e. The van der Waals surface area contributed by atoms with E-state index >= 15 is 0 Å².